The first-order valence-electron chi connectivity index (χ1n) is 3.61. The van der Waals surface area contributed by atoms with Crippen molar-refractivity contribution in [2.45, 2.75) is 13.3 Å². The minimum absolute atomic E-state index is 0.0122. The zero-order chi connectivity index (χ0) is 10.9. The van der Waals surface area contributed by atoms with Gasteiger partial charge in [0.25, 0.3) is 6.43 Å². The number of aromatic carboxylic acids is 1. The molecule has 0 aliphatic rings. The van der Waals surface area contributed by atoms with E-state index in [-0.39, 0.29) is 15.6 Å². The van der Waals surface area contributed by atoms with E-state index in [2.05, 4.69) is 20.9 Å². The summed E-state index contributed by atoms with van der Waals surface area (Å²) in [7, 11) is 0. The van der Waals surface area contributed by atoms with Gasteiger partial charge < -0.3 is 5.11 Å². The number of nitrogens with zero attached hydrogens (tertiary/aromatic N) is 1. The minimum atomic E-state index is -2.76. The van der Waals surface area contributed by atoms with Crippen molar-refractivity contribution >= 4 is 21.9 Å². The lowest BCUT2D eigenvalue weighted by Gasteiger charge is -2.08. The SMILES string of the molecule is Cc1c(C(F)F)ncc(Br)c1C(=O)O. The topological polar surface area (TPSA) is 50.2 Å². The first kappa shape index (κ1) is 11.0. The highest BCUT2D eigenvalue weighted by atomic mass is 79.9. The molecule has 0 amide bonds. The number of pyridine rings is 1. The molecule has 1 rings (SSSR count). The lowest BCUT2D eigenvalue weighted by Crippen LogP contribution is -2.06. The van der Waals surface area contributed by atoms with Crippen LogP contribution < -0.4 is 0 Å². The maximum Gasteiger partial charge on any atom is 0.337 e. The number of carbonyl (C=O) groups is 1. The van der Waals surface area contributed by atoms with Crippen molar-refractivity contribution in [2.24, 2.45) is 0 Å². The Balaban J connectivity index is 3.41. The van der Waals surface area contributed by atoms with Gasteiger partial charge in [-0.15, -0.1) is 0 Å². The molecule has 0 aliphatic carbocycles. The molecule has 0 spiro atoms. The summed E-state index contributed by atoms with van der Waals surface area (Å²) in [6.45, 7) is 1.31. The average Bonchev–Trinajstić information content (AvgIpc) is 2.02. The third-order valence-corrected chi connectivity index (χ3v) is 2.34. The molecule has 0 saturated carbocycles. The van der Waals surface area contributed by atoms with E-state index in [1.54, 1.807) is 0 Å². The molecular formula is C8H6BrF2NO2. The lowest BCUT2D eigenvalue weighted by molar-refractivity contribution is 0.0694. The van der Waals surface area contributed by atoms with Crippen LogP contribution in [0.4, 0.5) is 8.78 Å². The maximum absolute atomic E-state index is 12.3. The number of alkyl halides is 2. The maximum atomic E-state index is 12.3. The normalized spacial score (nSPS) is 10.6. The smallest absolute Gasteiger partial charge is 0.337 e. The van der Waals surface area contributed by atoms with E-state index in [1.807, 2.05) is 0 Å². The van der Waals surface area contributed by atoms with Crippen LogP contribution in [0.5, 0.6) is 0 Å². The number of hydrogen-bond donors (Lipinski definition) is 1. The first-order chi connectivity index (χ1) is 6.45. The summed E-state index contributed by atoms with van der Waals surface area (Å²) >= 11 is 2.94. The van der Waals surface area contributed by atoms with E-state index in [1.165, 1.54) is 6.92 Å². The molecule has 6 heteroatoms. The van der Waals surface area contributed by atoms with Crippen LogP contribution in [-0.4, -0.2) is 16.1 Å². The van der Waals surface area contributed by atoms with Crippen LogP contribution in [0.2, 0.25) is 0 Å². The van der Waals surface area contributed by atoms with Crippen LogP contribution in [0.1, 0.15) is 28.0 Å². The van der Waals surface area contributed by atoms with Gasteiger partial charge in [0.15, 0.2) is 0 Å². The van der Waals surface area contributed by atoms with E-state index in [9.17, 15) is 13.6 Å². The van der Waals surface area contributed by atoms with Gasteiger partial charge in [0.05, 0.1) is 10.0 Å². The summed E-state index contributed by atoms with van der Waals surface area (Å²) in [5.74, 6) is -1.25. The number of carboxylic acid groups (broad SMARTS) is 1. The van der Waals surface area contributed by atoms with E-state index in [0.29, 0.717) is 0 Å². The summed E-state index contributed by atoms with van der Waals surface area (Å²) in [5, 5.41) is 8.75. The van der Waals surface area contributed by atoms with Crippen LogP contribution in [0.25, 0.3) is 0 Å². The zero-order valence-electron chi connectivity index (χ0n) is 7.09. The van der Waals surface area contributed by atoms with Crippen molar-refractivity contribution in [3.63, 3.8) is 0 Å². The van der Waals surface area contributed by atoms with E-state index in [0.717, 1.165) is 6.20 Å². The molecule has 1 N–H and O–H groups in total. The highest BCUT2D eigenvalue weighted by molar-refractivity contribution is 9.10. The van der Waals surface area contributed by atoms with Gasteiger partial charge in [-0.05, 0) is 28.4 Å². The Bertz CT molecular complexity index is 382. The van der Waals surface area contributed by atoms with Crippen molar-refractivity contribution in [2.75, 3.05) is 0 Å². The molecule has 0 aromatic carbocycles. The lowest BCUT2D eigenvalue weighted by atomic mass is 10.1. The standard InChI is InChI=1S/C8H6BrF2NO2/c1-3-5(8(13)14)4(9)2-12-6(3)7(10)11/h2,7H,1H3,(H,13,14). The molecule has 1 aromatic heterocycles. The predicted octanol–water partition coefficient (Wildman–Crippen LogP) is 2.79. The van der Waals surface area contributed by atoms with E-state index in [4.69, 9.17) is 5.11 Å². The molecule has 0 radical (unpaired) electrons. The monoisotopic (exact) mass is 265 g/mol. The molecule has 0 fully saturated rings. The van der Waals surface area contributed by atoms with Gasteiger partial charge in [-0.25, -0.2) is 13.6 Å². The van der Waals surface area contributed by atoms with Gasteiger partial charge in [-0.2, -0.15) is 0 Å². The number of rotatable bonds is 2. The van der Waals surface area contributed by atoms with Gasteiger partial charge >= 0.3 is 5.97 Å². The third kappa shape index (κ3) is 1.89. The summed E-state index contributed by atoms with van der Waals surface area (Å²) in [6, 6.07) is 0. The van der Waals surface area contributed by atoms with Crippen molar-refractivity contribution in [1.29, 1.82) is 0 Å². The van der Waals surface area contributed by atoms with Crippen molar-refractivity contribution in [1.82, 2.24) is 4.98 Å². The third-order valence-electron chi connectivity index (χ3n) is 1.74. The highest BCUT2D eigenvalue weighted by Crippen LogP contribution is 2.27. The molecule has 0 atom stereocenters. The fourth-order valence-corrected chi connectivity index (χ4v) is 1.65. The Labute approximate surface area is 86.9 Å². The van der Waals surface area contributed by atoms with Gasteiger partial charge in [0.1, 0.15) is 5.69 Å². The molecule has 14 heavy (non-hydrogen) atoms. The van der Waals surface area contributed by atoms with Gasteiger partial charge in [0.2, 0.25) is 0 Å². The average molecular weight is 266 g/mol. The van der Waals surface area contributed by atoms with Crippen LogP contribution in [0.15, 0.2) is 10.7 Å². The summed E-state index contributed by atoms with van der Waals surface area (Å²) in [6.07, 6.45) is -1.70. The number of aromatic nitrogens is 1. The molecule has 1 aromatic rings. The van der Waals surface area contributed by atoms with Crippen LogP contribution in [-0.2, 0) is 0 Å². The number of carboxylic acids is 1. The van der Waals surface area contributed by atoms with Crippen LogP contribution in [0, 0.1) is 6.92 Å². The molecule has 0 unspecified atom stereocenters. The van der Waals surface area contributed by atoms with E-state index >= 15 is 0 Å². The number of halogens is 3. The van der Waals surface area contributed by atoms with E-state index < -0.39 is 18.1 Å². The van der Waals surface area contributed by atoms with Crippen molar-refractivity contribution in [3.8, 4) is 0 Å². The quantitative estimate of drug-likeness (QED) is 0.895. The second-order valence-corrected chi connectivity index (χ2v) is 3.45. The second kappa shape index (κ2) is 4.00. The predicted molar refractivity (Wildman–Crippen MR) is 48.6 cm³/mol. The first-order valence-corrected chi connectivity index (χ1v) is 4.41. The molecule has 0 saturated heterocycles. The Morgan fingerprint density at radius 2 is 2.21 bits per heavy atom. The zero-order valence-corrected chi connectivity index (χ0v) is 8.68. The highest BCUT2D eigenvalue weighted by Gasteiger charge is 2.20. The summed E-state index contributed by atoms with van der Waals surface area (Å²) < 4.78 is 24.9. The van der Waals surface area contributed by atoms with Gasteiger partial charge in [-0.1, -0.05) is 0 Å². The van der Waals surface area contributed by atoms with Crippen LogP contribution >= 0.6 is 15.9 Å². The Hall–Kier alpha value is -1.04. The van der Waals surface area contributed by atoms with Crippen LogP contribution in [0.3, 0.4) is 0 Å². The molecular weight excluding hydrogens is 260 g/mol. The van der Waals surface area contributed by atoms with Crippen molar-refractivity contribution < 1.29 is 18.7 Å². The molecule has 0 aliphatic heterocycles. The van der Waals surface area contributed by atoms with Crippen molar-refractivity contribution in [3.05, 3.63) is 27.5 Å². The number of hydrogen-bond acceptors (Lipinski definition) is 2. The summed E-state index contributed by atoms with van der Waals surface area (Å²) in [5.41, 5.74) is -0.678. The second-order valence-electron chi connectivity index (χ2n) is 2.60. The Morgan fingerprint density at radius 3 is 2.64 bits per heavy atom. The molecule has 76 valence electrons. The Kier molecular flexibility index (Phi) is 3.15. The molecule has 0 bridgehead atoms. The fourth-order valence-electron chi connectivity index (χ4n) is 1.08. The van der Waals surface area contributed by atoms with Gasteiger partial charge in [0, 0.05) is 6.20 Å². The van der Waals surface area contributed by atoms with Gasteiger partial charge in [-0.3, -0.25) is 4.98 Å². The molecule has 3 nitrogen and oxygen atoms in total. The Morgan fingerprint density at radius 1 is 1.64 bits per heavy atom. The minimum Gasteiger partial charge on any atom is -0.478 e. The molecule has 1 heterocycles. The largest absolute Gasteiger partial charge is 0.478 e. The summed E-state index contributed by atoms with van der Waals surface area (Å²) in [4.78, 5) is 14.2. The fraction of sp³-hybridized carbons (Fsp3) is 0.250.